The number of nitrogens with zero attached hydrogens (tertiary/aromatic N) is 1. The van der Waals surface area contributed by atoms with Crippen LogP contribution in [0.5, 0.6) is 0 Å². The first kappa shape index (κ1) is 16.1. The van der Waals surface area contributed by atoms with Gasteiger partial charge in [0.2, 0.25) is 10.0 Å². The number of hydrogen-bond acceptors (Lipinski definition) is 5. The number of aryl methyl sites for hydroxylation is 1. The molecule has 0 bridgehead atoms. The first-order chi connectivity index (χ1) is 9.99. The van der Waals surface area contributed by atoms with E-state index in [9.17, 15) is 8.42 Å². The molecule has 0 aliphatic carbocycles. The first-order valence-corrected chi connectivity index (χ1v) is 8.99. The average molecular weight is 325 g/mol. The van der Waals surface area contributed by atoms with Gasteiger partial charge >= 0.3 is 0 Å². The fourth-order valence-electron chi connectivity index (χ4n) is 1.84. The van der Waals surface area contributed by atoms with Crippen molar-refractivity contribution in [3.8, 4) is 0 Å². The van der Waals surface area contributed by atoms with Crippen LogP contribution in [0.1, 0.15) is 22.9 Å². The van der Waals surface area contributed by atoms with Gasteiger partial charge in [0.25, 0.3) is 0 Å². The molecule has 1 unspecified atom stereocenters. The molecule has 0 saturated carbocycles. The minimum absolute atomic E-state index is 0.164. The van der Waals surface area contributed by atoms with E-state index in [0.717, 1.165) is 9.88 Å². The van der Waals surface area contributed by atoms with Crippen LogP contribution >= 0.6 is 11.3 Å². The van der Waals surface area contributed by atoms with E-state index in [1.807, 2.05) is 20.0 Å². The SMILES string of the molecule is Cc1ncc(C(C)NCCNS(=O)(=O)c2ccccc2)s1. The zero-order chi connectivity index (χ0) is 15.3. The summed E-state index contributed by atoms with van der Waals surface area (Å²) in [7, 11) is -3.42. The predicted molar refractivity (Wildman–Crippen MR) is 84.9 cm³/mol. The van der Waals surface area contributed by atoms with E-state index in [2.05, 4.69) is 15.0 Å². The van der Waals surface area contributed by atoms with E-state index in [-0.39, 0.29) is 10.9 Å². The number of hydrogen-bond donors (Lipinski definition) is 2. The Balaban J connectivity index is 1.80. The minimum Gasteiger partial charge on any atom is -0.308 e. The van der Waals surface area contributed by atoms with Gasteiger partial charge in [-0.25, -0.2) is 18.1 Å². The molecule has 0 aliphatic heterocycles. The van der Waals surface area contributed by atoms with Crippen LogP contribution in [0.2, 0.25) is 0 Å². The van der Waals surface area contributed by atoms with Gasteiger partial charge < -0.3 is 5.32 Å². The Morgan fingerprint density at radius 3 is 2.57 bits per heavy atom. The molecule has 0 aliphatic rings. The van der Waals surface area contributed by atoms with Crippen molar-refractivity contribution in [2.45, 2.75) is 24.8 Å². The van der Waals surface area contributed by atoms with E-state index in [0.29, 0.717) is 13.1 Å². The molecule has 7 heteroatoms. The molecule has 114 valence electrons. The molecule has 1 aromatic heterocycles. The molecule has 5 nitrogen and oxygen atoms in total. The van der Waals surface area contributed by atoms with Gasteiger partial charge in [-0.15, -0.1) is 11.3 Å². The number of rotatable bonds is 7. The van der Waals surface area contributed by atoms with Gasteiger partial charge in [0.05, 0.1) is 9.90 Å². The maximum Gasteiger partial charge on any atom is 0.240 e. The Bertz CT molecular complexity index is 669. The molecule has 2 N–H and O–H groups in total. The molecular weight excluding hydrogens is 306 g/mol. The largest absolute Gasteiger partial charge is 0.308 e. The Kier molecular flexibility index (Phi) is 5.46. The van der Waals surface area contributed by atoms with Gasteiger partial charge in [0.1, 0.15) is 0 Å². The third-order valence-electron chi connectivity index (χ3n) is 2.99. The van der Waals surface area contributed by atoms with E-state index in [1.54, 1.807) is 41.7 Å². The van der Waals surface area contributed by atoms with Crippen LogP contribution in [0.4, 0.5) is 0 Å². The monoisotopic (exact) mass is 325 g/mol. The number of nitrogens with one attached hydrogen (secondary N) is 2. The summed E-state index contributed by atoms with van der Waals surface area (Å²) in [5, 5.41) is 4.31. The lowest BCUT2D eigenvalue weighted by molar-refractivity contribution is 0.557. The van der Waals surface area contributed by atoms with Crippen molar-refractivity contribution < 1.29 is 8.42 Å². The minimum atomic E-state index is -3.42. The third-order valence-corrected chi connectivity index (χ3v) is 5.56. The van der Waals surface area contributed by atoms with E-state index < -0.39 is 10.0 Å². The Labute approximate surface area is 129 Å². The smallest absolute Gasteiger partial charge is 0.240 e. The molecule has 1 aromatic carbocycles. The normalized spacial score (nSPS) is 13.2. The lowest BCUT2D eigenvalue weighted by Crippen LogP contribution is -2.32. The summed E-state index contributed by atoms with van der Waals surface area (Å²) < 4.78 is 26.6. The van der Waals surface area contributed by atoms with Crippen LogP contribution in [-0.2, 0) is 10.0 Å². The summed E-state index contributed by atoms with van der Waals surface area (Å²) in [4.78, 5) is 5.65. The van der Waals surface area contributed by atoms with Crippen LogP contribution in [0.25, 0.3) is 0 Å². The summed E-state index contributed by atoms with van der Waals surface area (Å²) in [6, 6.07) is 8.54. The summed E-state index contributed by atoms with van der Waals surface area (Å²) in [6.45, 7) is 4.91. The Hall–Kier alpha value is -1.28. The van der Waals surface area contributed by atoms with E-state index >= 15 is 0 Å². The molecule has 1 atom stereocenters. The van der Waals surface area contributed by atoms with Crippen LogP contribution in [0, 0.1) is 6.92 Å². The fraction of sp³-hybridized carbons (Fsp3) is 0.357. The number of sulfonamides is 1. The lowest BCUT2D eigenvalue weighted by Gasteiger charge is -2.12. The molecule has 0 saturated heterocycles. The molecule has 2 rings (SSSR count). The molecule has 0 spiro atoms. The highest BCUT2D eigenvalue weighted by atomic mass is 32.2. The van der Waals surface area contributed by atoms with Crippen LogP contribution in [-0.4, -0.2) is 26.5 Å². The zero-order valence-electron chi connectivity index (χ0n) is 12.0. The number of aromatic nitrogens is 1. The first-order valence-electron chi connectivity index (χ1n) is 6.69. The van der Waals surface area contributed by atoms with Gasteiger partial charge in [-0.1, -0.05) is 18.2 Å². The maximum atomic E-state index is 12.0. The summed E-state index contributed by atoms with van der Waals surface area (Å²) in [5.74, 6) is 0. The zero-order valence-corrected chi connectivity index (χ0v) is 13.7. The van der Waals surface area contributed by atoms with E-state index in [1.165, 1.54) is 0 Å². The summed E-state index contributed by atoms with van der Waals surface area (Å²) in [6.07, 6.45) is 1.85. The fourth-order valence-corrected chi connectivity index (χ4v) is 3.70. The average Bonchev–Trinajstić information content (AvgIpc) is 2.91. The van der Waals surface area contributed by atoms with Crippen LogP contribution < -0.4 is 10.0 Å². The molecule has 0 radical (unpaired) electrons. The summed E-state index contributed by atoms with van der Waals surface area (Å²) >= 11 is 1.64. The molecule has 1 heterocycles. The van der Waals surface area contributed by atoms with Crippen molar-refractivity contribution in [3.63, 3.8) is 0 Å². The molecule has 0 amide bonds. The molecular formula is C14H19N3O2S2. The topological polar surface area (TPSA) is 71.1 Å². The molecule has 2 aromatic rings. The quantitative estimate of drug-likeness (QED) is 0.765. The van der Waals surface area contributed by atoms with Crippen LogP contribution in [0.15, 0.2) is 41.4 Å². The third kappa shape index (κ3) is 4.60. The van der Waals surface area contributed by atoms with Crippen molar-refractivity contribution in [1.82, 2.24) is 15.0 Å². The lowest BCUT2D eigenvalue weighted by atomic mass is 10.3. The Morgan fingerprint density at radius 1 is 1.24 bits per heavy atom. The number of benzene rings is 1. The van der Waals surface area contributed by atoms with Gasteiger partial charge in [0.15, 0.2) is 0 Å². The standard InChI is InChI=1S/C14H19N3O2S2/c1-11(14-10-16-12(2)20-14)15-8-9-17-21(18,19)13-6-4-3-5-7-13/h3-7,10-11,15,17H,8-9H2,1-2H3. The summed E-state index contributed by atoms with van der Waals surface area (Å²) in [5.41, 5.74) is 0. The van der Waals surface area contributed by atoms with Gasteiger partial charge in [-0.3, -0.25) is 0 Å². The van der Waals surface area contributed by atoms with Gasteiger partial charge in [-0.05, 0) is 26.0 Å². The highest BCUT2D eigenvalue weighted by Crippen LogP contribution is 2.19. The molecule has 0 fully saturated rings. The van der Waals surface area contributed by atoms with Gasteiger partial charge in [-0.2, -0.15) is 0 Å². The van der Waals surface area contributed by atoms with Crippen molar-refractivity contribution >= 4 is 21.4 Å². The highest BCUT2D eigenvalue weighted by Gasteiger charge is 2.13. The second kappa shape index (κ2) is 7.13. The van der Waals surface area contributed by atoms with Crippen molar-refractivity contribution in [2.75, 3.05) is 13.1 Å². The molecule has 21 heavy (non-hydrogen) atoms. The van der Waals surface area contributed by atoms with Gasteiger partial charge in [0, 0.05) is 30.2 Å². The van der Waals surface area contributed by atoms with E-state index in [4.69, 9.17) is 0 Å². The van der Waals surface area contributed by atoms with Crippen molar-refractivity contribution in [3.05, 3.63) is 46.4 Å². The highest BCUT2D eigenvalue weighted by molar-refractivity contribution is 7.89. The predicted octanol–water partition coefficient (Wildman–Crippen LogP) is 2.08. The van der Waals surface area contributed by atoms with Crippen molar-refractivity contribution in [2.24, 2.45) is 0 Å². The Morgan fingerprint density at radius 2 is 1.95 bits per heavy atom. The second-order valence-corrected chi connectivity index (χ2v) is 7.70. The van der Waals surface area contributed by atoms with Crippen molar-refractivity contribution in [1.29, 1.82) is 0 Å². The van der Waals surface area contributed by atoms with Crippen LogP contribution in [0.3, 0.4) is 0 Å². The number of thiazole rings is 1. The maximum absolute atomic E-state index is 12.0. The second-order valence-electron chi connectivity index (χ2n) is 4.67.